The summed E-state index contributed by atoms with van der Waals surface area (Å²) >= 11 is 0. The molecule has 21 heavy (non-hydrogen) atoms. The van der Waals surface area contributed by atoms with Gasteiger partial charge in [-0.05, 0) is 43.2 Å². The molecule has 4 rings (SSSR count). The zero-order chi connectivity index (χ0) is 14.1. The second-order valence-corrected chi connectivity index (χ2v) is 6.53. The summed E-state index contributed by atoms with van der Waals surface area (Å²) in [7, 11) is 0. The molecule has 0 bridgehead atoms. The van der Waals surface area contributed by atoms with Crippen molar-refractivity contribution in [3.8, 4) is 0 Å². The standard InChI is InChI=1S/C18H24N2O/c1-2-4-18-17(3-1)15(11-19-16-5-6-16)13-20(18)12-14-7-9-21-10-8-14/h1-4,13-14,16,19H,5-12H2. The maximum atomic E-state index is 5.48. The Bertz CT molecular complexity index is 609. The van der Waals surface area contributed by atoms with Crippen molar-refractivity contribution >= 4 is 10.9 Å². The van der Waals surface area contributed by atoms with E-state index in [-0.39, 0.29) is 0 Å². The highest BCUT2D eigenvalue weighted by Crippen LogP contribution is 2.26. The van der Waals surface area contributed by atoms with Crippen molar-refractivity contribution in [3.05, 3.63) is 36.0 Å². The van der Waals surface area contributed by atoms with Gasteiger partial charge in [-0.2, -0.15) is 0 Å². The van der Waals surface area contributed by atoms with Crippen LogP contribution in [0.4, 0.5) is 0 Å². The normalized spacial score (nSPS) is 20.2. The monoisotopic (exact) mass is 284 g/mol. The maximum absolute atomic E-state index is 5.48. The Labute approximate surface area is 126 Å². The van der Waals surface area contributed by atoms with E-state index in [0.29, 0.717) is 0 Å². The highest BCUT2D eigenvalue weighted by molar-refractivity contribution is 5.83. The molecule has 112 valence electrons. The van der Waals surface area contributed by atoms with Crippen LogP contribution in [-0.4, -0.2) is 23.8 Å². The Morgan fingerprint density at radius 1 is 1.10 bits per heavy atom. The molecule has 3 heteroatoms. The number of rotatable bonds is 5. The van der Waals surface area contributed by atoms with E-state index in [9.17, 15) is 0 Å². The molecule has 2 heterocycles. The average Bonchev–Trinajstić information content (AvgIpc) is 3.30. The summed E-state index contributed by atoms with van der Waals surface area (Å²) in [5, 5.41) is 5.06. The van der Waals surface area contributed by atoms with Crippen molar-refractivity contribution in [1.82, 2.24) is 9.88 Å². The Balaban J connectivity index is 1.57. The zero-order valence-corrected chi connectivity index (χ0v) is 12.6. The largest absolute Gasteiger partial charge is 0.381 e. The molecule has 0 radical (unpaired) electrons. The van der Waals surface area contributed by atoms with E-state index in [4.69, 9.17) is 4.74 Å². The van der Waals surface area contributed by atoms with E-state index in [1.54, 1.807) is 0 Å². The van der Waals surface area contributed by atoms with Gasteiger partial charge in [0.25, 0.3) is 0 Å². The SMILES string of the molecule is c1ccc2c(c1)c(CNC1CC1)cn2CC1CCOCC1. The first-order chi connectivity index (χ1) is 10.4. The molecule has 0 spiro atoms. The van der Waals surface area contributed by atoms with E-state index in [0.717, 1.165) is 38.3 Å². The van der Waals surface area contributed by atoms with E-state index >= 15 is 0 Å². The molecule has 1 aliphatic carbocycles. The number of fused-ring (bicyclic) bond motifs is 1. The van der Waals surface area contributed by atoms with E-state index < -0.39 is 0 Å². The van der Waals surface area contributed by atoms with Crippen LogP contribution in [0.15, 0.2) is 30.5 Å². The number of aromatic nitrogens is 1. The molecule has 0 amide bonds. The number of para-hydroxylation sites is 1. The summed E-state index contributed by atoms with van der Waals surface area (Å²) in [5.74, 6) is 0.763. The first-order valence-electron chi connectivity index (χ1n) is 8.28. The summed E-state index contributed by atoms with van der Waals surface area (Å²) in [6, 6.07) is 9.60. The number of benzene rings is 1. The number of nitrogens with one attached hydrogen (secondary N) is 1. The van der Waals surface area contributed by atoms with Gasteiger partial charge < -0.3 is 14.6 Å². The second-order valence-electron chi connectivity index (χ2n) is 6.53. The summed E-state index contributed by atoms with van der Waals surface area (Å²) in [5.41, 5.74) is 2.83. The van der Waals surface area contributed by atoms with Crippen molar-refractivity contribution in [3.63, 3.8) is 0 Å². The minimum absolute atomic E-state index is 0.763. The molecule has 3 nitrogen and oxygen atoms in total. The van der Waals surface area contributed by atoms with Crippen LogP contribution in [0.5, 0.6) is 0 Å². The van der Waals surface area contributed by atoms with Gasteiger partial charge in [0.1, 0.15) is 0 Å². The topological polar surface area (TPSA) is 26.2 Å². The van der Waals surface area contributed by atoms with Gasteiger partial charge in [-0.3, -0.25) is 0 Å². The predicted molar refractivity (Wildman–Crippen MR) is 85.3 cm³/mol. The van der Waals surface area contributed by atoms with Crippen molar-refractivity contribution in [2.75, 3.05) is 13.2 Å². The first-order valence-corrected chi connectivity index (χ1v) is 8.28. The van der Waals surface area contributed by atoms with E-state index in [1.807, 2.05) is 0 Å². The molecule has 2 aromatic rings. The van der Waals surface area contributed by atoms with Crippen LogP contribution in [0.25, 0.3) is 10.9 Å². The molecular weight excluding hydrogens is 260 g/mol. The van der Waals surface area contributed by atoms with Crippen molar-refractivity contribution in [2.45, 2.75) is 44.8 Å². The molecule has 0 atom stereocenters. The lowest BCUT2D eigenvalue weighted by molar-refractivity contribution is 0.0616. The molecule has 2 fully saturated rings. The van der Waals surface area contributed by atoms with Crippen molar-refractivity contribution < 1.29 is 4.74 Å². The van der Waals surface area contributed by atoms with Gasteiger partial charge in [0, 0.05) is 49.4 Å². The average molecular weight is 284 g/mol. The van der Waals surface area contributed by atoms with Crippen LogP contribution in [0.2, 0.25) is 0 Å². The van der Waals surface area contributed by atoms with Gasteiger partial charge in [0.05, 0.1) is 0 Å². The van der Waals surface area contributed by atoms with Gasteiger partial charge in [-0.15, -0.1) is 0 Å². The smallest absolute Gasteiger partial charge is 0.0483 e. The van der Waals surface area contributed by atoms with Crippen LogP contribution in [0, 0.1) is 5.92 Å². The minimum atomic E-state index is 0.763. The van der Waals surface area contributed by atoms with Gasteiger partial charge in [-0.25, -0.2) is 0 Å². The lowest BCUT2D eigenvalue weighted by Crippen LogP contribution is -2.20. The highest BCUT2D eigenvalue weighted by atomic mass is 16.5. The van der Waals surface area contributed by atoms with E-state index in [2.05, 4.69) is 40.3 Å². The highest BCUT2D eigenvalue weighted by Gasteiger charge is 2.21. The van der Waals surface area contributed by atoms with Crippen molar-refractivity contribution in [2.24, 2.45) is 5.92 Å². The van der Waals surface area contributed by atoms with Gasteiger partial charge in [0.2, 0.25) is 0 Å². The molecule has 1 aliphatic heterocycles. The fourth-order valence-corrected chi connectivity index (χ4v) is 3.36. The Kier molecular flexibility index (Phi) is 3.70. The van der Waals surface area contributed by atoms with Crippen LogP contribution < -0.4 is 5.32 Å². The molecule has 1 N–H and O–H groups in total. The lowest BCUT2D eigenvalue weighted by Gasteiger charge is -2.22. The second kappa shape index (κ2) is 5.82. The number of hydrogen-bond acceptors (Lipinski definition) is 2. The quantitative estimate of drug-likeness (QED) is 0.911. The Morgan fingerprint density at radius 2 is 1.90 bits per heavy atom. The molecule has 2 aliphatic rings. The lowest BCUT2D eigenvalue weighted by atomic mass is 10.0. The number of ether oxygens (including phenoxy) is 1. The molecule has 1 aromatic heterocycles. The fraction of sp³-hybridized carbons (Fsp3) is 0.556. The molecule has 1 saturated heterocycles. The number of hydrogen-bond donors (Lipinski definition) is 1. The fourth-order valence-electron chi connectivity index (χ4n) is 3.36. The van der Waals surface area contributed by atoms with Crippen LogP contribution >= 0.6 is 0 Å². The third kappa shape index (κ3) is 2.99. The molecule has 1 aromatic carbocycles. The number of nitrogens with zero attached hydrogens (tertiary/aromatic N) is 1. The zero-order valence-electron chi connectivity index (χ0n) is 12.6. The van der Waals surface area contributed by atoms with Crippen LogP contribution in [0.1, 0.15) is 31.2 Å². The third-order valence-electron chi connectivity index (χ3n) is 4.83. The summed E-state index contributed by atoms with van der Waals surface area (Å²) in [4.78, 5) is 0. The minimum Gasteiger partial charge on any atom is -0.381 e. The predicted octanol–water partition coefficient (Wildman–Crippen LogP) is 3.32. The third-order valence-corrected chi connectivity index (χ3v) is 4.83. The van der Waals surface area contributed by atoms with Crippen LogP contribution in [0.3, 0.4) is 0 Å². The van der Waals surface area contributed by atoms with Crippen molar-refractivity contribution in [1.29, 1.82) is 0 Å². The summed E-state index contributed by atoms with van der Waals surface area (Å²) in [6.07, 6.45) is 7.46. The summed E-state index contributed by atoms with van der Waals surface area (Å²) < 4.78 is 7.95. The van der Waals surface area contributed by atoms with Gasteiger partial charge in [0.15, 0.2) is 0 Å². The van der Waals surface area contributed by atoms with Gasteiger partial charge in [-0.1, -0.05) is 18.2 Å². The van der Waals surface area contributed by atoms with Crippen LogP contribution in [-0.2, 0) is 17.8 Å². The Hall–Kier alpha value is -1.32. The molecule has 1 saturated carbocycles. The molecular formula is C18H24N2O. The molecule has 0 unspecified atom stereocenters. The van der Waals surface area contributed by atoms with Gasteiger partial charge >= 0.3 is 0 Å². The van der Waals surface area contributed by atoms with E-state index in [1.165, 1.54) is 42.1 Å². The maximum Gasteiger partial charge on any atom is 0.0483 e. The first kappa shape index (κ1) is 13.4. The Morgan fingerprint density at radius 3 is 2.71 bits per heavy atom. The summed E-state index contributed by atoms with van der Waals surface area (Å²) in [6.45, 7) is 4.00.